The van der Waals surface area contributed by atoms with Crippen molar-refractivity contribution in [1.29, 1.82) is 0 Å². The molecule has 6 nitrogen and oxygen atoms in total. The van der Waals surface area contributed by atoms with Gasteiger partial charge in [-0.3, -0.25) is 9.78 Å². The zero-order valence-corrected chi connectivity index (χ0v) is 13.5. The molecule has 2 rings (SSSR count). The minimum Gasteiger partial charge on any atom is -0.465 e. The second-order valence-corrected chi connectivity index (χ2v) is 5.79. The van der Waals surface area contributed by atoms with Crippen LogP contribution < -0.4 is 10.6 Å². The van der Waals surface area contributed by atoms with Gasteiger partial charge in [-0.25, -0.2) is 4.79 Å². The second-order valence-electron chi connectivity index (χ2n) is 5.79. The van der Waals surface area contributed by atoms with Crippen molar-refractivity contribution in [2.45, 2.75) is 25.3 Å². The van der Waals surface area contributed by atoms with Gasteiger partial charge >= 0.3 is 6.09 Å². The van der Waals surface area contributed by atoms with Crippen molar-refractivity contribution in [1.82, 2.24) is 15.6 Å². The number of nitrogens with zero attached hydrogens (tertiary/aromatic N) is 1. The third-order valence-electron chi connectivity index (χ3n) is 3.73. The van der Waals surface area contributed by atoms with Crippen molar-refractivity contribution in [2.24, 2.45) is 0 Å². The number of hydrogen-bond donors (Lipinski definition) is 3. The Hall–Kier alpha value is -2.89. The summed E-state index contributed by atoms with van der Waals surface area (Å²) in [6.07, 6.45) is 2.93. The summed E-state index contributed by atoms with van der Waals surface area (Å²) in [6.45, 7) is 2.02. The van der Waals surface area contributed by atoms with Crippen LogP contribution in [0, 0.1) is 0 Å². The fourth-order valence-electron chi connectivity index (χ4n) is 2.49. The van der Waals surface area contributed by atoms with E-state index in [9.17, 15) is 9.59 Å². The van der Waals surface area contributed by atoms with Gasteiger partial charge < -0.3 is 15.7 Å². The van der Waals surface area contributed by atoms with Crippen LogP contribution in [0.25, 0.3) is 0 Å². The molecule has 126 valence electrons. The number of carbonyl (C=O) groups is 2. The zero-order valence-electron chi connectivity index (χ0n) is 13.5. The lowest BCUT2D eigenvalue weighted by Gasteiger charge is -2.28. The fourth-order valence-corrected chi connectivity index (χ4v) is 2.49. The van der Waals surface area contributed by atoms with Crippen LogP contribution in [0.4, 0.5) is 4.79 Å². The van der Waals surface area contributed by atoms with Gasteiger partial charge in [0.05, 0.1) is 0 Å². The summed E-state index contributed by atoms with van der Waals surface area (Å²) in [5, 5.41) is 14.2. The summed E-state index contributed by atoms with van der Waals surface area (Å²) in [5.74, 6) is -0.349. The summed E-state index contributed by atoms with van der Waals surface area (Å²) in [4.78, 5) is 27.6. The van der Waals surface area contributed by atoms with Crippen LogP contribution in [0.3, 0.4) is 0 Å². The molecule has 24 heavy (non-hydrogen) atoms. The lowest BCUT2D eigenvalue weighted by molar-refractivity contribution is -0.126. The van der Waals surface area contributed by atoms with E-state index in [2.05, 4.69) is 15.6 Å². The Kier molecular flexibility index (Phi) is 5.89. The van der Waals surface area contributed by atoms with E-state index in [0.29, 0.717) is 13.0 Å². The normalized spacial score (nSPS) is 12.9. The SMILES string of the molecule is CC(Cc1ccncc1)(NC(=O)O)C(=O)NCCc1ccccc1. The van der Waals surface area contributed by atoms with Crippen LogP contribution in [0.1, 0.15) is 18.1 Å². The number of amides is 2. The van der Waals surface area contributed by atoms with Gasteiger partial charge in [0.1, 0.15) is 5.54 Å². The van der Waals surface area contributed by atoms with E-state index < -0.39 is 11.6 Å². The van der Waals surface area contributed by atoms with Crippen molar-refractivity contribution in [3.05, 3.63) is 66.0 Å². The van der Waals surface area contributed by atoms with Crippen LogP contribution in [0.15, 0.2) is 54.9 Å². The van der Waals surface area contributed by atoms with Gasteiger partial charge in [0.15, 0.2) is 0 Å². The van der Waals surface area contributed by atoms with E-state index in [0.717, 1.165) is 11.1 Å². The highest BCUT2D eigenvalue weighted by Crippen LogP contribution is 2.13. The number of rotatable bonds is 7. The van der Waals surface area contributed by atoms with E-state index in [1.54, 1.807) is 31.5 Å². The minimum atomic E-state index is -1.25. The molecule has 0 fully saturated rings. The average molecular weight is 327 g/mol. The topological polar surface area (TPSA) is 91.3 Å². The highest BCUT2D eigenvalue weighted by molar-refractivity contribution is 5.89. The van der Waals surface area contributed by atoms with E-state index in [1.807, 2.05) is 30.3 Å². The number of benzene rings is 1. The Balaban J connectivity index is 2.00. The van der Waals surface area contributed by atoms with Crippen LogP contribution in [-0.4, -0.2) is 34.2 Å². The highest BCUT2D eigenvalue weighted by atomic mass is 16.4. The molecule has 0 saturated heterocycles. The molecular weight excluding hydrogens is 306 g/mol. The van der Waals surface area contributed by atoms with Gasteiger partial charge in [-0.1, -0.05) is 30.3 Å². The minimum absolute atomic E-state index is 0.249. The van der Waals surface area contributed by atoms with Crippen molar-refractivity contribution >= 4 is 12.0 Å². The Morgan fingerprint density at radius 1 is 1.08 bits per heavy atom. The molecule has 0 saturated carbocycles. The van der Waals surface area contributed by atoms with Crippen LogP contribution in [0.2, 0.25) is 0 Å². The monoisotopic (exact) mass is 327 g/mol. The Morgan fingerprint density at radius 3 is 2.38 bits per heavy atom. The summed E-state index contributed by atoms with van der Waals surface area (Å²) < 4.78 is 0. The van der Waals surface area contributed by atoms with Gasteiger partial charge in [-0.05, 0) is 36.6 Å². The van der Waals surface area contributed by atoms with Gasteiger partial charge in [-0.2, -0.15) is 0 Å². The molecule has 0 bridgehead atoms. The summed E-state index contributed by atoms with van der Waals surface area (Å²) in [5.41, 5.74) is 0.698. The number of hydrogen-bond acceptors (Lipinski definition) is 3. The number of carboxylic acid groups (broad SMARTS) is 1. The maximum atomic E-state index is 12.5. The molecule has 2 aromatic rings. The standard InChI is InChI=1S/C18H21N3O3/c1-18(21-17(23)24,13-15-7-10-19-11-8-15)16(22)20-12-9-14-5-3-2-4-6-14/h2-8,10-11,21H,9,12-13H2,1H3,(H,20,22)(H,23,24). The predicted molar refractivity (Wildman–Crippen MR) is 90.7 cm³/mol. The Morgan fingerprint density at radius 2 is 1.75 bits per heavy atom. The molecule has 6 heteroatoms. The number of pyridine rings is 1. The van der Waals surface area contributed by atoms with E-state index in [4.69, 9.17) is 5.11 Å². The zero-order chi connectivity index (χ0) is 17.4. The maximum absolute atomic E-state index is 12.5. The lowest BCUT2D eigenvalue weighted by Crippen LogP contribution is -2.58. The largest absolute Gasteiger partial charge is 0.465 e. The third kappa shape index (κ3) is 5.08. The first-order valence-corrected chi connectivity index (χ1v) is 7.72. The van der Waals surface area contributed by atoms with Gasteiger partial charge in [-0.15, -0.1) is 0 Å². The Bertz CT molecular complexity index is 676. The molecule has 0 aliphatic rings. The average Bonchev–Trinajstić information content (AvgIpc) is 2.56. The molecule has 3 N–H and O–H groups in total. The molecule has 0 aliphatic carbocycles. The van der Waals surface area contributed by atoms with Crippen molar-refractivity contribution in [3.63, 3.8) is 0 Å². The molecule has 1 aromatic heterocycles. The molecule has 0 radical (unpaired) electrons. The van der Waals surface area contributed by atoms with E-state index in [1.165, 1.54) is 0 Å². The van der Waals surface area contributed by atoms with E-state index >= 15 is 0 Å². The Labute approximate surface area is 140 Å². The number of nitrogens with one attached hydrogen (secondary N) is 2. The smallest absolute Gasteiger partial charge is 0.405 e. The van der Waals surface area contributed by atoms with Crippen molar-refractivity contribution < 1.29 is 14.7 Å². The number of aromatic nitrogens is 1. The predicted octanol–water partition coefficient (Wildman–Crippen LogP) is 2.01. The number of carbonyl (C=O) groups excluding carboxylic acids is 1. The first-order chi connectivity index (χ1) is 11.5. The second kappa shape index (κ2) is 8.10. The van der Waals surface area contributed by atoms with Crippen molar-refractivity contribution in [2.75, 3.05) is 6.54 Å². The lowest BCUT2D eigenvalue weighted by atomic mass is 9.92. The highest BCUT2D eigenvalue weighted by Gasteiger charge is 2.35. The van der Waals surface area contributed by atoms with E-state index in [-0.39, 0.29) is 12.3 Å². The van der Waals surface area contributed by atoms with Crippen molar-refractivity contribution in [3.8, 4) is 0 Å². The summed E-state index contributed by atoms with van der Waals surface area (Å²) in [7, 11) is 0. The molecule has 1 unspecified atom stereocenters. The van der Waals surface area contributed by atoms with Crippen LogP contribution in [0.5, 0.6) is 0 Å². The van der Waals surface area contributed by atoms with Gasteiger partial charge in [0.2, 0.25) is 5.91 Å². The first-order valence-electron chi connectivity index (χ1n) is 7.72. The molecule has 0 aliphatic heterocycles. The molecule has 1 aromatic carbocycles. The molecule has 1 heterocycles. The molecule has 2 amide bonds. The van der Waals surface area contributed by atoms with Gasteiger partial charge in [0.25, 0.3) is 0 Å². The quantitative estimate of drug-likeness (QED) is 0.725. The van der Waals surface area contributed by atoms with Crippen LogP contribution >= 0.6 is 0 Å². The maximum Gasteiger partial charge on any atom is 0.405 e. The summed E-state index contributed by atoms with van der Waals surface area (Å²) >= 11 is 0. The molecule has 0 spiro atoms. The van der Waals surface area contributed by atoms with Gasteiger partial charge in [0, 0.05) is 25.4 Å². The molecular formula is C18H21N3O3. The van der Waals surface area contributed by atoms with Crippen LogP contribution in [-0.2, 0) is 17.6 Å². The third-order valence-corrected chi connectivity index (χ3v) is 3.73. The first kappa shape index (κ1) is 17.5. The summed E-state index contributed by atoms with van der Waals surface area (Å²) in [6, 6.07) is 13.3. The molecule has 1 atom stereocenters. The fraction of sp³-hybridized carbons (Fsp3) is 0.278.